The number of halogens is 3. The molecule has 0 aromatic heterocycles. The summed E-state index contributed by atoms with van der Waals surface area (Å²) in [6.07, 6.45) is -5.87. The van der Waals surface area contributed by atoms with Gasteiger partial charge < -0.3 is 14.7 Å². The second-order valence-corrected chi connectivity index (χ2v) is 5.07. The molecule has 1 aliphatic carbocycles. The number of nitrogens with zero attached hydrogens (tertiary/aromatic N) is 2. The normalized spacial score (nSPS) is 43.3. The average Bonchev–Trinajstić information content (AvgIpc) is 2.64. The summed E-state index contributed by atoms with van der Waals surface area (Å²) in [5.74, 6) is -1.37. The summed E-state index contributed by atoms with van der Waals surface area (Å²) in [4.78, 5) is 5.95. The monoisotopic (exact) mass is 264 g/mol. The minimum Gasteiger partial charge on any atom is -0.459 e. The molecule has 1 saturated heterocycles. The van der Waals surface area contributed by atoms with E-state index in [1.807, 2.05) is 4.90 Å². The maximum Gasteiger partial charge on any atom is 0.288 e. The number of alkyl halides is 3. The Balaban J connectivity index is 1.75. The molecule has 0 amide bonds. The van der Waals surface area contributed by atoms with E-state index in [-0.39, 0.29) is 6.42 Å². The zero-order chi connectivity index (χ0) is 12.9. The van der Waals surface area contributed by atoms with Gasteiger partial charge in [-0.3, -0.25) is 0 Å². The number of aliphatic hydroxyl groups is 1. The van der Waals surface area contributed by atoms with Crippen LogP contribution in [0.3, 0.4) is 0 Å². The Morgan fingerprint density at radius 2 is 2.11 bits per heavy atom. The molecule has 4 nitrogen and oxygen atoms in total. The van der Waals surface area contributed by atoms with Gasteiger partial charge in [-0.15, -0.1) is 0 Å². The lowest BCUT2D eigenvalue weighted by atomic mass is 9.81. The van der Waals surface area contributed by atoms with Crippen LogP contribution in [0.15, 0.2) is 4.99 Å². The van der Waals surface area contributed by atoms with E-state index in [9.17, 15) is 18.3 Å². The van der Waals surface area contributed by atoms with E-state index in [1.54, 1.807) is 0 Å². The van der Waals surface area contributed by atoms with E-state index in [2.05, 4.69) is 4.99 Å². The first-order chi connectivity index (χ1) is 8.58. The van der Waals surface area contributed by atoms with Crippen LogP contribution in [0.1, 0.15) is 12.8 Å². The predicted molar refractivity (Wildman–Crippen MR) is 57.3 cm³/mol. The molecule has 5 atom stereocenters. The van der Waals surface area contributed by atoms with Crippen molar-refractivity contribution >= 4 is 6.02 Å². The number of hydrogen-bond acceptors (Lipinski definition) is 4. The van der Waals surface area contributed by atoms with Crippen LogP contribution in [-0.2, 0) is 4.74 Å². The van der Waals surface area contributed by atoms with E-state index in [0.29, 0.717) is 6.02 Å². The largest absolute Gasteiger partial charge is 0.459 e. The summed E-state index contributed by atoms with van der Waals surface area (Å²) in [6.45, 7) is 1.60. The van der Waals surface area contributed by atoms with Crippen molar-refractivity contribution in [2.24, 2.45) is 10.9 Å². The maximum atomic E-state index is 13.9. The highest BCUT2D eigenvalue weighted by molar-refractivity contribution is 5.76. The third kappa shape index (κ3) is 1.75. The second kappa shape index (κ2) is 4.29. The predicted octanol–water partition coefficient (Wildman–Crippen LogP) is 0.800. The molecule has 102 valence electrons. The van der Waals surface area contributed by atoms with Crippen molar-refractivity contribution in [1.29, 1.82) is 0 Å². The third-order valence-electron chi connectivity index (χ3n) is 3.94. The molecule has 18 heavy (non-hydrogen) atoms. The number of aliphatic imine (C=N–C) groups is 1. The number of rotatable bonds is 1. The first-order valence-electron chi connectivity index (χ1n) is 6.17. The summed E-state index contributed by atoms with van der Waals surface area (Å²) >= 11 is 0. The average molecular weight is 264 g/mol. The van der Waals surface area contributed by atoms with Gasteiger partial charge in [0, 0.05) is 13.1 Å². The van der Waals surface area contributed by atoms with Gasteiger partial charge in [-0.2, -0.15) is 0 Å². The lowest BCUT2D eigenvalue weighted by Gasteiger charge is -2.36. The van der Waals surface area contributed by atoms with Gasteiger partial charge in [-0.25, -0.2) is 18.2 Å². The van der Waals surface area contributed by atoms with Gasteiger partial charge in [-0.05, 0) is 12.8 Å². The lowest BCUT2D eigenvalue weighted by Crippen LogP contribution is -2.51. The maximum absolute atomic E-state index is 13.9. The Kier molecular flexibility index (Phi) is 2.88. The molecule has 0 bridgehead atoms. The Morgan fingerprint density at radius 3 is 2.67 bits per heavy atom. The minimum absolute atomic E-state index is 0.0508. The molecule has 2 aliphatic heterocycles. The molecule has 0 spiro atoms. The smallest absolute Gasteiger partial charge is 0.288 e. The number of hydrogen-bond donors (Lipinski definition) is 1. The van der Waals surface area contributed by atoms with Crippen LogP contribution in [0, 0.1) is 5.92 Å². The lowest BCUT2D eigenvalue weighted by molar-refractivity contribution is -0.0998. The molecule has 3 aliphatic rings. The Morgan fingerprint density at radius 1 is 1.39 bits per heavy atom. The van der Waals surface area contributed by atoms with Crippen molar-refractivity contribution in [2.45, 2.75) is 43.7 Å². The van der Waals surface area contributed by atoms with Crippen molar-refractivity contribution in [3.63, 3.8) is 0 Å². The molecule has 0 radical (unpaired) electrons. The molecule has 2 fully saturated rings. The van der Waals surface area contributed by atoms with Crippen molar-refractivity contribution in [1.82, 2.24) is 4.90 Å². The van der Waals surface area contributed by atoms with Gasteiger partial charge in [0.2, 0.25) is 6.43 Å². The van der Waals surface area contributed by atoms with Crippen LogP contribution in [0.25, 0.3) is 0 Å². The summed E-state index contributed by atoms with van der Waals surface area (Å²) in [6, 6.07) is -0.494. The molecule has 0 aromatic rings. The van der Waals surface area contributed by atoms with Crippen LogP contribution >= 0.6 is 0 Å². The summed E-state index contributed by atoms with van der Waals surface area (Å²) in [7, 11) is 0. The van der Waals surface area contributed by atoms with Gasteiger partial charge in [0.1, 0.15) is 12.1 Å². The van der Waals surface area contributed by atoms with Gasteiger partial charge in [0.15, 0.2) is 6.17 Å². The highest BCUT2D eigenvalue weighted by Gasteiger charge is 2.52. The summed E-state index contributed by atoms with van der Waals surface area (Å²) in [5, 5.41) is 9.56. The van der Waals surface area contributed by atoms with Crippen molar-refractivity contribution < 1.29 is 23.0 Å². The van der Waals surface area contributed by atoms with Crippen molar-refractivity contribution in [3.05, 3.63) is 0 Å². The number of ether oxygens (including phenoxy) is 1. The fourth-order valence-corrected chi connectivity index (χ4v) is 2.67. The highest BCUT2D eigenvalue weighted by atomic mass is 19.3. The number of aliphatic hydroxyl groups excluding tert-OH is 1. The molecular formula is C11H15F3N2O2. The van der Waals surface area contributed by atoms with Crippen LogP contribution < -0.4 is 0 Å². The number of fused-ring (bicyclic) bond motifs is 1. The minimum atomic E-state index is -2.74. The van der Waals surface area contributed by atoms with E-state index in [4.69, 9.17) is 4.74 Å². The number of likely N-dealkylation sites (tertiary alicyclic amines) is 1. The van der Waals surface area contributed by atoms with E-state index >= 15 is 0 Å². The van der Waals surface area contributed by atoms with Gasteiger partial charge >= 0.3 is 0 Å². The molecule has 2 heterocycles. The Labute approximate surface area is 102 Å². The quantitative estimate of drug-likeness (QED) is 0.762. The molecule has 5 unspecified atom stereocenters. The molecule has 7 heteroatoms. The second-order valence-electron chi connectivity index (χ2n) is 5.07. The Hall–Kier alpha value is -0.980. The first-order valence-corrected chi connectivity index (χ1v) is 6.17. The molecule has 1 saturated carbocycles. The van der Waals surface area contributed by atoms with Crippen molar-refractivity contribution in [3.8, 4) is 0 Å². The van der Waals surface area contributed by atoms with Crippen LogP contribution in [0.4, 0.5) is 13.2 Å². The highest BCUT2D eigenvalue weighted by Crippen LogP contribution is 2.38. The van der Waals surface area contributed by atoms with E-state index < -0.39 is 36.8 Å². The third-order valence-corrected chi connectivity index (χ3v) is 3.94. The summed E-state index contributed by atoms with van der Waals surface area (Å²) < 4.78 is 44.8. The Bertz CT molecular complexity index is 362. The van der Waals surface area contributed by atoms with Crippen molar-refractivity contribution in [2.75, 3.05) is 13.1 Å². The molecule has 1 N–H and O–H groups in total. The van der Waals surface area contributed by atoms with Crippen LogP contribution in [0.5, 0.6) is 0 Å². The first kappa shape index (κ1) is 12.1. The zero-order valence-electron chi connectivity index (χ0n) is 9.68. The fourth-order valence-electron chi connectivity index (χ4n) is 2.67. The molecule has 0 aromatic carbocycles. The van der Waals surface area contributed by atoms with E-state index in [1.165, 1.54) is 0 Å². The SMILES string of the molecule is OC1C(F)C2N=C(N3CCC3)OC2CC1C(F)F. The van der Waals surface area contributed by atoms with E-state index in [0.717, 1.165) is 19.5 Å². The molecular weight excluding hydrogens is 249 g/mol. The number of amidine groups is 1. The summed E-state index contributed by atoms with van der Waals surface area (Å²) in [5.41, 5.74) is 0. The zero-order valence-corrected chi connectivity index (χ0v) is 9.68. The topological polar surface area (TPSA) is 45.1 Å². The standard InChI is InChI=1S/C11H15F3N2O2/c12-7-8-6(4-5(9(7)17)10(13)14)18-11(15-8)16-2-1-3-16/h5-10,17H,1-4H2. The van der Waals surface area contributed by atoms with Crippen LogP contribution in [-0.4, -0.2) is 60.0 Å². The molecule has 3 rings (SSSR count). The fraction of sp³-hybridized carbons (Fsp3) is 0.909. The van der Waals surface area contributed by atoms with Gasteiger partial charge in [0.25, 0.3) is 6.02 Å². The van der Waals surface area contributed by atoms with Crippen LogP contribution in [0.2, 0.25) is 0 Å². The van der Waals surface area contributed by atoms with Gasteiger partial charge in [0.05, 0.1) is 12.0 Å². The van der Waals surface area contributed by atoms with Gasteiger partial charge in [-0.1, -0.05) is 0 Å².